The van der Waals surface area contributed by atoms with E-state index in [9.17, 15) is 13.8 Å². The van der Waals surface area contributed by atoms with E-state index in [4.69, 9.17) is 14.5 Å². The van der Waals surface area contributed by atoms with Gasteiger partial charge >= 0.3 is 5.91 Å². The summed E-state index contributed by atoms with van der Waals surface area (Å²) in [6, 6.07) is 10.2. The Hall–Kier alpha value is -4.03. The molecule has 1 spiro atoms. The largest absolute Gasteiger partial charge is 0.489 e. The number of benzene rings is 1. The number of aromatic nitrogens is 3. The molecule has 1 N–H and O–H groups in total. The number of anilines is 1. The predicted molar refractivity (Wildman–Crippen MR) is 188 cm³/mol. The molecule has 1 saturated carbocycles. The van der Waals surface area contributed by atoms with Crippen molar-refractivity contribution in [1.29, 1.82) is 0 Å². The van der Waals surface area contributed by atoms with Gasteiger partial charge in [0.25, 0.3) is 5.91 Å². The van der Waals surface area contributed by atoms with Crippen LogP contribution in [0.25, 0.3) is 0 Å². The monoisotopic (exact) mass is 686 g/mol. The van der Waals surface area contributed by atoms with Crippen LogP contribution in [0.1, 0.15) is 76.6 Å². The highest BCUT2D eigenvalue weighted by atomic mass is 32.2. The van der Waals surface area contributed by atoms with Gasteiger partial charge in [-0.25, -0.2) is 9.19 Å². The highest BCUT2D eigenvalue weighted by Crippen LogP contribution is 2.46. The Morgan fingerprint density at radius 3 is 2.82 bits per heavy atom. The number of nitrogens with zero attached hydrogens (tertiary/aromatic N) is 5. The van der Waals surface area contributed by atoms with Crippen molar-refractivity contribution in [2.45, 2.75) is 63.9 Å². The average molecular weight is 687 g/mol. The first-order valence-corrected chi connectivity index (χ1v) is 19.0. The number of fused-ring (bicyclic) bond motifs is 4. The van der Waals surface area contributed by atoms with Crippen molar-refractivity contribution >= 4 is 27.5 Å². The van der Waals surface area contributed by atoms with Crippen LogP contribution in [0.5, 0.6) is 5.75 Å². The lowest BCUT2D eigenvalue weighted by atomic mass is 9.68. The van der Waals surface area contributed by atoms with Crippen molar-refractivity contribution < 1.29 is 23.3 Å². The van der Waals surface area contributed by atoms with Gasteiger partial charge in [0.05, 0.1) is 30.2 Å². The number of ether oxygens (including phenoxy) is 2. The molecule has 2 aliphatic heterocycles. The van der Waals surface area contributed by atoms with Gasteiger partial charge in [0.15, 0.2) is 11.6 Å². The van der Waals surface area contributed by atoms with Crippen molar-refractivity contribution in [1.82, 2.24) is 19.5 Å². The third-order valence-corrected chi connectivity index (χ3v) is 12.7. The molecule has 0 saturated heterocycles. The fourth-order valence-corrected chi connectivity index (χ4v) is 10.00. The fourth-order valence-electron chi connectivity index (χ4n) is 8.12. The molecule has 4 aliphatic rings. The van der Waals surface area contributed by atoms with E-state index in [0.717, 1.165) is 38.6 Å². The SMILES string of the molecule is CO[C@H]1/C=C/C[C@H](C)CS(=O)(NC(=O)c2cnn(C)c2)=NC(=O)c2ccc3c(n2)N(C[C@@H]2CC[C@H]21)C[C@@]1(CCCc2cc(C)ccc21)CO3. The molecule has 0 radical (unpaired) electrons. The number of amides is 2. The Kier molecular flexibility index (Phi) is 9.12. The number of aryl methyl sites for hydroxylation is 3. The summed E-state index contributed by atoms with van der Waals surface area (Å²) in [4.78, 5) is 34.3. The minimum absolute atomic E-state index is 0.0135. The van der Waals surface area contributed by atoms with E-state index in [-0.39, 0.29) is 34.4 Å². The second-order valence-corrected chi connectivity index (χ2v) is 16.5. The molecule has 4 heterocycles. The second-order valence-electron chi connectivity index (χ2n) is 14.5. The van der Waals surface area contributed by atoms with E-state index in [2.05, 4.69) is 56.4 Å². The fraction of sp³-hybridized carbons (Fsp3) is 0.514. The van der Waals surface area contributed by atoms with Crippen LogP contribution in [-0.4, -0.2) is 69.5 Å². The Labute approximate surface area is 288 Å². The molecule has 1 unspecified atom stereocenters. The maximum atomic E-state index is 14.4. The van der Waals surface area contributed by atoms with Gasteiger partial charge in [-0.05, 0) is 86.5 Å². The Morgan fingerprint density at radius 2 is 2.06 bits per heavy atom. The zero-order chi connectivity index (χ0) is 34.3. The third-order valence-electron chi connectivity index (χ3n) is 10.7. The van der Waals surface area contributed by atoms with Crippen LogP contribution >= 0.6 is 0 Å². The van der Waals surface area contributed by atoms with Gasteiger partial charge in [0.1, 0.15) is 15.6 Å². The molecule has 3 aromatic rings. The van der Waals surface area contributed by atoms with E-state index < -0.39 is 21.7 Å². The summed E-state index contributed by atoms with van der Waals surface area (Å²) < 4.78 is 35.3. The molecule has 1 fully saturated rings. The van der Waals surface area contributed by atoms with Crippen LogP contribution in [0.15, 0.2) is 59.2 Å². The van der Waals surface area contributed by atoms with Crippen molar-refractivity contribution in [3.63, 3.8) is 0 Å². The molecule has 2 aliphatic carbocycles. The van der Waals surface area contributed by atoms with Crippen LogP contribution < -0.4 is 14.4 Å². The number of carbonyl (C=O) groups excluding carboxylic acids is 2. The minimum Gasteiger partial charge on any atom is -0.489 e. The van der Waals surface area contributed by atoms with Crippen LogP contribution in [0.2, 0.25) is 0 Å². The second kappa shape index (κ2) is 13.4. The molecule has 7 rings (SSSR count). The lowest BCUT2D eigenvalue weighted by Crippen LogP contribution is -2.49. The zero-order valence-electron chi connectivity index (χ0n) is 28.8. The van der Waals surface area contributed by atoms with Gasteiger partial charge in [-0.3, -0.25) is 19.0 Å². The van der Waals surface area contributed by atoms with Gasteiger partial charge < -0.3 is 14.4 Å². The molecular weight excluding hydrogens is 641 g/mol. The topological polar surface area (TPSA) is 128 Å². The number of hydrogen-bond donors (Lipinski definition) is 1. The highest BCUT2D eigenvalue weighted by Gasteiger charge is 2.45. The molecular formula is C37H46N6O5S. The number of nitrogens with one attached hydrogen (secondary N) is 1. The van der Waals surface area contributed by atoms with E-state index in [1.807, 2.05) is 6.92 Å². The number of carbonyl (C=O) groups is 2. The molecule has 2 bridgehead atoms. The number of hydrogen-bond acceptors (Lipinski definition) is 8. The van der Waals surface area contributed by atoms with Gasteiger partial charge in [-0.1, -0.05) is 42.8 Å². The van der Waals surface area contributed by atoms with E-state index in [1.165, 1.54) is 33.8 Å². The first kappa shape index (κ1) is 33.5. The zero-order valence-corrected chi connectivity index (χ0v) is 29.6. The van der Waals surface area contributed by atoms with Crippen LogP contribution in [0.4, 0.5) is 5.82 Å². The Balaban J connectivity index is 1.31. The minimum atomic E-state index is -3.54. The number of pyridine rings is 1. The average Bonchev–Trinajstić information content (AvgIpc) is 3.43. The summed E-state index contributed by atoms with van der Waals surface area (Å²) in [6.45, 7) is 6.03. The van der Waals surface area contributed by atoms with Crippen molar-refractivity contribution in [3.05, 3.63) is 82.8 Å². The van der Waals surface area contributed by atoms with E-state index in [1.54, 1.807) is 26.3 Å². The van der Waals surface area contributed by atoms with Crippen LogP contribution in [0, 0.1) is 24.7 Å². The van der Waals surface area contributed by atoms with Crippen LogP contribution in [0.3, 0.4) is 0 Å². The number of methoxy groups -OCH3 is 1. The summed E-state index contributed by atoms with van der Waals surface area (Å²) in [6.07, 6.45) is 12.9. The Morgan fingerprint density at radius 1 is 1.20 bits per heavy atom. The molecule has 2 aromatic heterocycles. The molecule has 260 valence electrons. The number of allylic oxidation sites excluding steroid dienone is 1. The summed E-state index contributed by atoms with van der Waals surface area (Å²) in [5.41, 5.74) is 4.02. The molecule has 2 amide bonds. The Bertz CT molecular complexity index is 1910. The molecule has 6 atom stereocenters. The maximum absolute atomic E-state index is 14.4. The van der Waals surface area contributed by atoms with Crippen molar-refractivity contribution in [3.8, 4) is 5.75 Å². The normalized spacial score (nSPS) is 30.5. The lowest BCUT2D eigenvalue weighted by Gasteiger charge is -2.45. The van der Waals surface area contributed by atoms with Crippen molar-refractivity contribution in [2.75, 3.05) is 37.5 Å². The quantitative estimate of drug-likeness (QED) is 0.373. The molecule has 11 nitrogen and oxygen atoms in total. The van der Waals surface area contributed by atoms with Gasteiger partial charge in [0.2, 0.25) is 0 Å². The van der Waals surface area contributed by atoms with Crippen molar-refractivity contribution in [2.24, 2.45) is 29.2 Å². The summed E-state index contributed by atoms with van der Waals surface area (Å²) in [5, 5.41) is 4.05. The van der Waals surface area contributed by atoms with Gasteiger partial charge in [-0.15, -0.1) is 4.36 Å². The van der Waals surface area contributed by atoms with E-state index >= 15 is 0 Å². The predicted octanol–water partition coefficient (Wildman–Crippen LogP) is 5.19. The van der Waals surface area contributed by atoms with E-state index in [0.29, 0.717) is 43.0 Å². The van der Waals surface area contributed by atoms with Crippen LogP contribution in [-0.2, 0) is 33.5 Å². The first-order chi connectivity index (χ1) is 23.5. The summed E-state index contributed by atoms with van der Waals surface area (Å²) >= 11 is 0. The lowest BCUT2D eigenvalue weighted by molar-refractivity contribution is 0.0131. The molecule has 12 heteroatoms. The van der Waals surface area contributed by atoms with Gasteiger partial charge in [0, 0.05) is 38.9 Å². The highest BCUT2D eigenvalue weighted by molar-refractivity contribution is 7.92. The first-order valence-electron chi connectivity index (χ1n) is 17.3. The summed E-state index contributed by atoms with van der Waals surface area (Å²) in [5.74, 6) is 0.399. The standard InChI is InChI=1S/C37H46N6O5S/c1-24-10-13-30-26(17-24)8-6-16-37(30)22-43-20-27-11-12-29(27)32(47-4)9-5-7-25(2)21-49(46,40-35(44)28-18-38-42(3)19-28)41-36(45)31-14-15-33(48-23-37)34(43)39-31/h5,9-10,13-15,17-19,25,27,29,32H,6-8,11-12,16,20-23H2,1-4H3,(H,40,41,44,45,46)/b9-5+/t25-,27-,29+,32-,37-,49?/m0/s1. The van der Waals surface area contributed by atoms with Gasteiger partial charge in [-0.2, -0.15) is 5.10 Å². The molecule has 1 aromatic carbocycles. The third kappa shape index (κ3) is 6.77. The molecule has 49 heavy (non-hydrogen) atoms. The smallest absolute Gasteiger partial charge is 0.305 e. The maximum Gasteiger partial charge on any atom is 0.305 e. The number of rotatable bonds is 3. The summed E-state index contributed by atoms with van der Waals surface area (Å²) in [7, 11) is -0.0906.